The molecule has 20 heavy (non-hydrogen) atoms. The highest BCUT2D eigenvalue weighted by molar-refractivity contribution is 5.80. The molecule has 0 radical (unpaired) electrons. The number of nitrogens with zero attached hydrogens (tertiary/aromatic N) is 1. The lowest BCUT2D eigenvalue weighted by molar-refractivity contribution is -0.143. The second-order valence-corrected chi connectivity index (χ2v) is 6.44. The lowest BCUT2D eigenvalue weighted by Crippen LogP contribution is -2.47. The number of hydrogen-bond acceptors (Lipinski definition) is 2. The van der Waals surface area contributed by atoms with Gasteiger partial charge in [-0.15, -0.1) is 0 Å². The quantitative estimate of drug-likeness (QED) is 0.813. The number of carbonyl (C=O) groups is 2. The third kappa shape index (κ3) is 3.25. The maximum absolute atomic E-state index is 12.1. The zero-order valence-electron chi connectivity index (χ0n) is 12.5. The molecule has 2 aliphatic carbocycles. The van der Waals surface area contributed by atoms with Crippen molar-refractivity contribution < 1.29 is 14.7 Å². The molecule has 0 aromatic rings. The molecule has 2 N–H and O–H groups in total. The van der Waals surface area contributed by atoms with Crippen molar-refractivity contribution in [2.45, 2.75) is 57.9 Å². The van der Waals surface area contributed by atoms with E-state index in [9.17, 15) is 9.59 Å². The van der Waals surface area contributed by atoms with Crippen LogP contribution in [0.1, 0.15) is 51.9 Å². The molecule has 0 aromatic heterocycles. The molecular formula is C15H26N2O3. The number of rotatable bonds is 5. The summed E-state index contributed by atoms with van der Waals surface area (Å²) in [6.07, 6.45) is 7.08. The van der Waals surface area contributed by atoms with Crippen molar-refractivity contribution in [1.82, 2.24) is 10.2 Å². The zero-order chi connectivity index (χ0) is 14.8. The summed E-state index contributed by atoms with van der Waals surface area (Å²) in [5.41, 5.74) is -0.684. The van der Waals surface area contributed by atoms with Gasteiger partial charge < -0.3 is 15.3 Å². The molecule has 5 nitrogen and oxygen atoms in total. The Bertz CT molecular complexity index is 371. The second-order valence-electron chi connectivity index (χ2n) is 6.44. The van der Waals surface area contributed by atoms with Gasteiger partial charge in [-0.2, -0.15) is 0 Å². The second kappa shape index (κ2) is 6.02. The fourth-order valence-electron chi connectivity index (χ4n) is 3.09. The molecule has 0 bridgehead atoms. The first-order valence-corrected chi connectivity index (χ1v) is 7.72. The summed E-state index contributed by atoms with van der Waals surface area (Å²) in [4.78, 5) is 25.0. The third-order valence-electron chi connectivity index (χ3n) is 5.15. The van der Waals surface area contributed by atoms with Crippen molar-refractivity contribution in [2.75, 3.05) is 13.6 Å². The van der Waals surface area contributed by atoms with Gasteiger partial charge in [-0.1, -0.05) is 13.3 Å². The van der Waals surface area contributed by atoms with E-state index in [2.05, 4.69) is 12.2 Å². The minimum absolute atomic E-state index is 0.127. The van der Waals surface area contributed by atoms with E-state index in [1.165, 1.54) is 19.3 Å². The average molecular weight is 282 g/mol. The summed E-state index contributed by atoms with van der Waals surface area (Å²) < 4.78 is 0. The van der Waals surface area contributed by atoms with E-state index in [1.807, 2.05) is 7.05 Å². The van der Waals surface area contributed by atoms with Crippen LogP contribution in [0.3, 0.4) is 0 Å². The van der Waals surface area contributed by atoms with Gasteiger partial charge in [-0.05, 0) is 44.4 Å². The van der Waals surface area contributed by atoms with Crippen LogP contribution in [0.4, 0.5) is 4.79 Å². The third-order valence-corrected chi connectivity index (χ3v) is 5.15. The van der Waals surface area contributed by atoms with Gasteiger partial charge in [0.2, 0.25) is 0 Å². The van der Waals surface area contributed by atoms with Crippen LogP contribution in [-0.2, 0) is 4.79 Å². The molecule has 2 amide bonds. The Morgan fingerprint density at radius 1 is 1.25 bits per heavy atom. The Balaban J connectivity index is 1.76. The molecule has 0 aliphatic heterocycles. The topological polar surface area (TPSA) is 69.6 Å². The average Bonchev–Trinajstić information content (AvgIpc) is 3.25. The summed E-state index contributed by atoms with van der Waals surface area (Å²) in [6.45, 7) is 2.48. The predicted molar refractivity (Wildman–Crippen MR) is 76.5 cm³/mol. The zero-order valence-corrected chi connectivity index (χ0v) is 12.5. The number of urea groups is 1. The SMILES string of the molecule is CCC1CCC(N(C)C(=O)NCC2(C(=O)O)CC2)CC1. The highest BCUT2D eigenvalue weighted by Crippen LogP contribution is 2.45. The Labute approximate surface area is 120 Å². The van der Waals surface area contributed by atoms with Gasteiger partial charge in [0.1, 0.15) is 0 Å². The van der Waals surface area contributed by atoms with Crippen molar-refractivity contribution in [2.24, 2.45) is 11.3 Å². The minimum atomic E-state index is -0.788. The van der Waals surface area contributed by atoms with E-state index in [0.717, 1.165) is 18.8 Å². The molecule has 5 heteroatoms. The van der Waals surface area contributed by atoms with E-state index in [-0.39, 0.29) is 12.6 Å². The van der Waals surface area contributed by atoms with Crippen molar-refractivity contribution in [1.29, 1.82) is 0 Å². The van der Waals surface area contributed by atoms with Gasteiger partial charge in [-0.25, -0.2) is 4.79 Å². The Morgan fingerprint density at radius 2 is 1.85 bits per heavy atom. The molecule has 0 spiro atoms. The van der Waals surface area contributed by atoms with Gasteiger partial charge in [0.15, 0.2) is 0 Å². The number of hydrogen-bond donors (Lipinski definition) is 2. The van der Waals surface area contributed by atoms with E-state index < -0.39 is 11.4 Å². The smallest absolute Gasteiger partial charge is 0.317 e. The van der Waals surface area contributed by atoms with Crippen LogP contribution in [0.5, 0.6) is 0 Å². The number of aliphatic carboxylic acids is 1. The van der Waals surface area contributed by atoms with Gasteiger partial charge in [0.05, 0.1) is 5.41 Å². The normalized spacial score (nSPS) is 27.7. The van der Waals surface area contributed by atoms with E-state index >= 15 is 0 Å². The van der Waals surface area contributed by atoms with Crippen LogP contribution in [-0.4, -0.2) is 41.6 Å². The van der Waals surface area contributed by atoms with Crippen LogP contribution in [0.25, 0.3) is 0 Å². The van der Waals surface area contributed by atoms with Crippen LogP contribution in [0.15, 0.2) is 0 Å². The standard InChI is InChI=1S/C15H26N2O3/c1-3-11-4-6-12(7-5-11)17(2)14(20)16-10-15(8-9-15)13(18)19/h11-12H,3-10H2,1-2H3,(H,16,20)(H,18,19). The van der Waals surface area contributed by atoms with Gasteiger partial charge in [0, 0.05) is 19.6 Å². The maximum atomic E-state index is 12.1. The van der Waals surface area contributed by atoms with Gasteiger partial charge in [-0.3, -0.25) is 4.79 Å². The number of carboxylic acids is 1. The van der Waals surface area contributed by atoms with Gasteiger partial charge >= 0.3 is 12.0 Å². The first-order chi connectivity index (χ1) is 9.48. The van der Waals surface area contributed by atoms with Crippen molar-refractivity contribution in [3.8, 4) is 0 Å². The summed E-state index contributed by atoms with van der Waals surface area (Å²) in [7, 11) is 1.83. The molecular weight excluding hydrogens is 256 g/mol. The molecule has 114 valence electrons. The Hall–Kier alpha value is -1.26. The summed E-state index contributed by atoms with van der Waals surface area (Å²) >= 11 is 0. The fraction of sp³-hybridized carbons (Fsp3) is 0.867. The molecule has 2 saturated carbocycles. The van der Waals surface area contributed by atoms with Gasteiger partial charge in [0.25, 0.3) is 0 Å². The molecule has 0 saturated heterocycles. The number of amides is 2. The highest BCUT2D eigenvalue weighted by atomic mass is 16.4. The fourth-order valence-corrected chi connectivity index (χ4v) is 3.09. The number of carbonyl (C=O) groups excluding carboxylic acids is 1. The van der Waals surface area contributed by atoms with Crippen LogP contribution in [0.2, 0.25) is 0 Å². The molecule has 2 rings (SSSR count). The largest absolute Gasteiger partial charge is 0.481 e. The van der Waals surface area contributed by atoms with E-state index in [1.54, 1.807) is 4.90 Å². The molecule has 0 heterocycles. The molecule has 0 aromatic carbocycles. The molecule has 2 aliphatic rings. The van der Waals surface area contributed by atoms with Crippen molar-refractivity contribution in [3.05, 3.63) is 0 Å². The Morgan fingerprint density at radius 3 is 2.30 bits per heavy atom. The first kappa shape index (κ1) is 15.1. The summed E-state index contributed by atoms with van der Waals surface area (Å²) in [6, 6.07) is 0.176. The van der Waals surface area contributed by atoms with Crippen LogP contribution >= 0.6 is 0 Å². The van der Waals surface area contributed by atoms with Crippen LogP contribution < -0.4 is 5.32 Å². The molecule has 2 fully saturated rings. The minimum Gasteiger partial charge on any atom is -0.481 e. The molecule has 0 unspecified atom stereocenters. The first-order valence-electron chi connectivity index (χ1n) is 7.72. The number of carboxylic acid groups (broad SMARTS) is 1. The summed E-state index contributed by atoms with van der Waals surface area (Å²) in [5, 5.41) is 11.9. The lowest BCUT2D eigenvalue weighted by atomic mass is 9.84. The predicted octanol–water partition coefficient (Wildman–Crippen LogP) is 2.46. The van der Waals surface area contributed by atoms with E-state index in [4.69, 9.17) is 5.11 Å². The van der Waals surface area contributed by atoms with Crippen LogP contribution in [0, 0.1) is 11.3 Å². The lowest BCUT2D eigenvalue weighted by Gasteiger charge is -2.34. The summed E-state index contributed by atoms with van der Waals surface area (Å²) in [5.74, 6) is 0.0216. The molecule has 0 atom stereocenters. The van der Waals surface area contributed by atoms with Crippen molar-refractivity contribution in [3.63, 3.8) is 0 Å². The van der Waals surface area contributed by atoms with E-state index in [0.29, 0.717) is 18.9 Å². The Kier molecular flexibility index (Phi) is 4.55. The highest BCUT2D eigenvalue weighted by Gasteiger charge is 2.50. The monoisotopic (exact) mass is 282 g/mol. The maximum Gasteiger partial charge on any atom is 0.317 e. The number of nitrogens with one attached hydrogen (secondary N) is 1. The van der Waals surface area contributed by atoms with Crippen molar-refractivity contribution >= 4 is 12.0 Å².